The van der Waals surface area contributed by atoms with E-state index in [0.717, 1.165) is 24.3 Å². The van der Waals surface area contributed by atoms with Crippen LogP contribution in [-0.2, 0) is 21.4 Å². The number of aromatic nitrogens is 1. The summed E-state index contributed by atoms with van der Waals surface area (Å²) in [4.78, 5) is 15.9. The second-order valence-corrected chi connectivity index (χ2v) is 6.55. The molecular weight excluding hydrogens is 321 g/mol. The molecule has 0 saturated heterocycles. The number of carbonyl (C=O) groups excluding carboxylic acids is 1. The Bertz CT molecular complexity index is 764. The number of nitrogens with zero attached hydrogens (tertiary/aromatic N) is 1. The zero-order valence-electron chi connectivity index (χ0n) is 12.4. The van der Waals surface area contributed by atoms with Crippen molar-refractivity contribution in [3.05, 3.63) is 60.2 Å². The van der Waals surface area contributed by atoms with E-state index in [1.807, 2.05) is 0 Å². The van der Waals surface area contributed by atoms with Crippen molar-refractivity contribution in [1.82, 2.24) is 15.0 Å². The summed E-state index contributed by atoms with van der Waals surface area (Å²) in [6.45, 7) is 1.62. The zero-order valence-corrected chi connectivity index (χ0v) is 13.2. The molecule has 0 aliphatic rings. The van der Waals surface area contributed by atoms with E-state index in [9.17, 15) is 17.6 Å². The number of benzene rings is 1. The van der Waals surface area contributed by atoms with Crippen molar-refractivity contribution in [3.8, 4) is 0 Å². The summed E-state index contributed by atoms with van der Waals surface area (Å²) in [6.07, 6.45) is 1.60. The summed E-state index contributed by atoms with van der Waals surface area (Å²) >= 11 is 0. The van der Waals surface area contributed by atoms with Crippen molar-refractivity contribution in [1.29, 1.82) is 0 Å². The zero-order chi connectivity index (χ0) is 16.9. The molecule has 1 amide bonds. The Labute approximate surface area is 133 Å². The van der Waals surface area contributed by atoms with E-state index in [0.29, 0.717) is 5.69 Å². The molecule has 2 N–H and O–H groups in total. The summed E-state index contributed by atoms with van der Waals surface area (Å²) < 4.78 is 39.3. The maximum absolute atomic E-state index is 12.8. The van der Waals surface area contributed by atoms with Crippen LogP contribution in [0.15, 0.2) is 53.6 Å². The van der Waals surface area contributed by atoms with Gasteiger partial charge in [-0.1, -0.05) is 6.07 Å². The number of hydrogen-bond acceptors (Lipinski definition) is 4. The predicted octanol–water partition coefficient (Wildman–Crippen LogP) is 1.20. The third kappa shape index (κ3) is 4.83. The summed E-state index contributed by atoms with van der Waals surface area (Å²) in [5, 5.41) is 2.59. The van der Waals surface area contributed by atoms with E-state index in [4.69, 9.17) is 0 Å². The van der Waals surface area contributed by atoms with Crippen LogP contribution in [0.5, 0.6) is 0 Å². The Morgan fingerprint density at radius 3 is 2.52 bits per heavy atom. The van der Waals surface area contributed by atoms with E-state index in [-0.39, 0.29) is 11.4 Å². The van der Waals surface area contributed by atoms with Crippen molar-refractivity contribution < 1.29 is 17.6 Å². The molecule has 0 fully saturated rings. The topological polar surface area (TPSA) is 88.2 Å². The molecule has 2 rings (SSSR count). The molecule has 1 aromatic carbocycles. The van der Waals surface area contributed by atoms with Gasteiger partial charge in [0.15, 0.2) is 0 Å². The lowest BCUT2D eigenvalue weighted by Crippen LogP contribution is -2.44. The molecule has 6 nitrogen and oxygen atoms in total. The fraction of sp³-hybridized carbons (Fsp3) is 0.200. The Balaban J connectivity index is 1.96. The van der Waals surface area contributed by atoms with Crippen LogP contribution in [0, 0.1) is 5.82 Å². The average Bonchev–Trinajstić information content (AvgIpc) is 2.53. The smallest absolute Gasteiger partial charge is 0.241 e. The Morgan fingerprint density at radius 2 is 1.91 bits per heavy atom. The number of carbonyl (C=O) groups is 1. The number of hydrogen-bond donors (Lipinski definition) is 2. The fourth-order valence-electron chi connectivity index (χ4n) is 1.80. The monoisotopic (exact) mass is 337 g/mol. The maximum Gasteiger partial charge on any atom is 0.241 e. The number of nitrogens with one attached hydrogen (secondary N) is 2. The van der Waals surface area contributed by atoms with Gasteiger partial charge in [0, 0.05) is 6.20 Å². The first kappa shape index (κ1) is 17.0. The molecule has 0 radical (unpaired) electrons. The molecule has 122 valence electrons. The number of pyridine rings is 1. The van der Waals surface area contributed by atoms with Crippen molar-refractivity contribution in [3.63, 3.8) is 0 Å². The highest BCUT2D eigenvalue weighted by molar-refractivity contribution is 7.89. The molecule has 0 spiro atoms. The first-order valence-electron chi connectivity index (χ1n) is 6.84. The van der Waals surface area contributed by atoms with Crippen molar-refractivity contribution in [2.45, 2.75) is 24.4 Å². The van der Waals surface area contributed by atoms with Crippen LogP contribution in [0.25, 0.3) is 0 Å². The minimum atomic E-state index is -3.90. The molecule has 1 heterocycles. The van der Waals surface area contributed by atoms with Gasteiger partial charge in [0.25, 0.3) is 0 Å². The molecule has 0 bridgehead atoms. The number of rotatable bonds is 6. The highest BCUT2D eigenvalue weighted by atomic mass is 32.2. The quantitative estimate of drug-likeness (QED) is 0.829. The molecule has 8 heteroatoms. The standard InChI is InChI=1S/C15H16FN3O3S/c1-11(15(20)18-10-13-4-2-3-9-17-13)19-23(21,22)14-7-5-12(16)6-8-14/h2-9,11,19H,10H2,1H3,(H,18,20)/t11-/m0/s1. The predicted molar refractivity (Wildman–Crippen MR) is 82.3 cm³/mol. The average molecular weight is 337 g/mol. The lowest BCUT2D eigenvalue weighted by atomic mass is 10.3. The Hall–Kier alpha value is -2.32. The summed E-state index contributed by atoms with van der Waals surface area (Å²) in [7, 11) is -3.90. The molecule has 0 aliphatic heterocycles. The van der Waals surface area contributed by atoms with Crippen LogP contribution in [0.3, 0.4) is 0 Å². The normalized spacial score (nSPS) is 12.6. The highest BCUT2D eigenvalue weighted by Gasteiger charge is 2.21. The molecular formula is C15H16FN3O3S. The third-order valence-electron chi connectivity index (χ3n) is 3.02. The van der Waals surface area contributed by atoms with Crippen molar-refractivity contribution >= 4 is 15.9 Å². The van der Waals surface area contributed by atoms with E-state index in [1.54, 1.807) is 24.4 Å². The Kier molecular flexibility index (Phi) is 5.41. The molecule has 1 atom stereocenters. The van der Waals surface area contributed by atoms with Gasteiger partial charge in [-0.3, -0.25) is 9.78 Å². The summed E-state index contributed by atoms with van der Waals surface area (Å²) in [6, 6.07) is 8.66. The minimum Gasteiger partial charge on any atom is -0.349 e. The van der Waals surface area contributed by atoms with E-state index in [1.165, 1.54) is 6.92 Å². The molecule has 0 saturated carbocycles. The van der Waals surface area contributed by atoms with Crippen LogP contribution >= 0.6 is 0 Å². The van der Waals surface area contributed by atoms with Gasteiger partial charge in [-0.05, 0) is 43.3 Å². The highest BCUT2D eigenvalue weighted by Crippen LogP contribution is 2.10. The molecule has 0 unspecified atom stereocenters. The summed E-state index contributed by atoms with van der Waals surface area (Å²) in [5.41, 5.74) is 0.662. The van der Waals surface area contributed by atoms with E-state index < -0.39 is 27.8 Å². The van der Waals surface area contributed by atoms with Gasteiger partial charge in [-0.25, -0.2) is 12.8 Å². The SMILES string of the molecule is C[C@H](NS(=O)(=O)c1ccc(F)cc1)C(=O)NCc1ccccn1. The van der Waals surface area contributed by atoms with E-state index >= 15 is 0 Å². The second kappa shape index (κ2) is 7.30. The van der Waals surface area contributed by atoms with Gasteiger partial charge in [0.2, 0.25) is 15.9 Å². The van der Waals surface area contributed by atoms with Crippen molar-refractivity contribution in [2.24, 2.45) is 0 Å². The van der Waals surface area contributed by atoms with Gasteiger partial charge in [-0.2, -0.15) is 4.72 Å². The van der Waals surface area contributed by atoms with E-state index in [2.05, 4.69) is 15.0 Å². The molecule has 23 heavy (non-hydrogen) atoms. The lowest BCUT2D eigenvalue weighted by Gasteiger charge is -2.14. The van der Waals surface area contributed by atoms with Gasteiger partial charge in [0.05, 0.1) is 23.2 Å². The third-order valence-corrected chi connectivity index (χ3v) is 4.58. The van der Waals surface area contributed by atoms with Gasteiger partial charge in [-0.15, -0.1) is 0 Å². The first-order valence-corrected chi connectivity index (χ1v) is 8.32. The van der Waals surface area contributed by atoms with Crippen LogP contribution in [-0.4, -0.2) is 25.4 Å². The number of amides is 1. The number of halogens is 1. The molecule has 2 aromatic rings. The Morgan fingerprint density at radius 1 is 1.22 bits per heavy atom. The minimum absolute atomic E-state index is 0.108. The maximum atomic E-state index is 12.8. The molecule has 1 aromatic heterocycles. The second-order valence-electron chi connectivity index (χ2n) is 4.84. The molecule has 0 aliphatic carbocycles. The summed E-state index contributed by atoms with van der Waals surface area (Å²) in [5.74, 6) is -1.02. The van der Waals surface area contributed by atoms with Crippen LogP contribution in [0.4, 0.5) is 4.39 Å². The van der Waals surface area contributed by atoms with Crippen molar-refractivity contribution in [2.75, 3.05) is 0 Å². The van der Waals surface area contributed by atoms with Crippen LogP contribution < -0.4 is 10.0 Å². The van der Waals surface area contributed by atoms with Gasteiger partial charge >= 0.3 is 0 Å². The van der Waals surface area contributed by atoms with Crippen LogP contribution in [0.2, 0.25) is 0 Å². The van der Waals surface area contributed by atoms with Gasteiger partial charge in [0.1, 0.15) is 5.82 Å². The van der Waals surface area contributed by atoms with Crippen LogP contribution in [0.1, 0.15) is 12.6 Å². The van der Waals surface area contributed by atoms with Gasteiger partial charge < -0.3 is 5.32 Å². The first-order chi connectivity index (χ1) is 10.9. The largest absolute Gasteiger partial charge is 0.349 e. The fourth-order valence-corrected chi connectivity index (χ4v) is 3.00. The lowest BCUT2D eigenvalue weighted by molar-refractivity contribution is -0.122. The number of sulfonamides is 1.